The topological polar surface area (TPSA) is 61.4 Å². The summed E-state index contributed by atoms with van der Waals surface area (Å²) in [7, 11) is 0. The van der Waals surface area contributed by atoms with Gasteiger partial charge >= 0.3 is 0 Å². The maximum atomic E-state index is 13.5. The first-order valence-corrected chi connectivity index (χ1v) is 21.0. The summed E-state index contributed by atoms with van der Waals surface area (Å²) in [6, 6.07) is 24.1. The van der Waals surface area contributed by atoms with Crippen molar-refractivity contribution in [3.8, 4) is 16.9 Å². The molecule has 3 N–H and O–H groups in total. The molecule has 1 fully saturated rings. The summed E-state index contributed by atoms with van der Waals surface area (Å²) in [5.74, 6) is 0.808. The summed E-state index contributed by atoms with van der Waals surface area (Å²) >= 11 is 0. The number of amides is 1. The molecule has 0 aliphatic heterocycles. The molecule has 0 spiro atoms. The van der Waals surface area contributed by atoms with E-state index in [2.05, 4.69) is 91.1 Å². The van der Waals surface area contributed by atoms with E-state index in [1.807, 2.05) is 30.3 Å². The Morgan fingerprint density at radius 2 is 1.47 bits per heavy atom. The lowest BCUT2D eigenvalue weighted by Crippen LogP contribution is -2.14. The average Bonchev–Trinajstić information content (AvgIpc) is 3.16. The van der Waals surface area contributed by atoms with E-state index < -0.39 is 0 Å². The molecule has 1 amide bonds. The van der Waals surface area contributed by atoms with Gasteiger partial charge < -0.3 is 15.7 Å². The van der Waals surface area contributed by atoms with Crippen molar-refractivity contribution in [1.29, 1.82) is 0 Å². The number of allylic oxidation sites excluding steroid dienone is 2. The van der Waals surface area contributed by atoms with E-state index in [9.17, 15) is 14.3 Å². The van der Waals surface area contributed by atoms with Gasteiger partial charge in [-0.25, -0.2) is 4.39 Å². The van der Waals surface area contributed by atoms with E-state index >= 15 is 0 Å². The standard InChI is InChI=1S/C37H38FNO2.C7H16.C6H15N/c1-5-23(2)25(4)33-20-27(10-9-24(33)3)19-26-11-13-30(14-12-26)37(41)39-32-21-34(28-7-6-8-28)36(35(40)22-32)29-15-17-31(38)18-16-29;1-4-6-7(3)5-2;1-3-5-7-6-4-2/h9-18,20-22,28,40H,5-8,19H2,1-4H3,(H,39,41);7H,4-6H2,1-3H3;7H,3-6H2,1-2H3/b25-23-;;. The fourth-order valence-corrected chi connectivity index (χ4v) is 6.76. The highest BCUT2D eigenvalue weighted by Crippen LogP contribution is 2.46. The molecule has 4 nitrogen and oxygen atoms in total. The molecule has 1 saturated carbocycles. The molecule has 4 aromatic rings. The first-order chi connectivity index (χ1) is 26.4. The lowest BCUT2D eigenvalue weighted by molar-refractivity contribution is 0.102. The Labute approximate surface area is 333 Å². The molecule has 0 bridgehead atoms. The SMILES string of the molecule is CC/C(C)=C(/C)c1cc(Cc2ccc(C(=O)Nc3cc(O)c(-c4ccc(F)cc4)c(C4CCC4)c3)cc2)ccc1C.CCCC(C)CC.CCCNCCC. The monoisotopic (exact) mass is 749 g/mol. The Morgan fingerprint density at radius 3 is 2.00 bits per heavy atom. The Balaban J connectivity index is 0.000000494. The third-order valence-corrected chi connectivity index (χ3v) is 10.9. The number of aryl methyl sites for hydroxylation is 1. The van der Waals surface area contributed by atoms with E-state index in [0.29, 0.717) is 22.7 Å². The number of benzene rings is 4. The van der Waals surface area contributed by atoms with E-state index in [1.165, 1.54) is 85.2 Å². The summed E-state index contributed by atoms with van der Waals surface area (Å²) < 4.78 is 13.5. The Morgan fingerprint density at radius 1 is 0.836 bits per heavy atom. The van der Waals surface area contributed by atoms with E-state index in [4.69, 9.17) is 0 Å². The van der Waals surface area contributed by atoms with Crippen LogP contribution in [0.2, 0.25) is 0 Å². The predicted octanol–water partition coefficient (Wildman–Crippen LogP) is 14.0. The van der Waals surface area contributed by atoms with Crippen molar-refractivity contribution in [1.82, 2.24) is 5.32 Å². The third-order valence-electron chi connectivity index (χ3n) is 10.9. The predicted molar refractivity (Wildman–Crippen MR) is 235 cm³/mol. The van der Waals surface area contributed by atoms with Crippen LogP contribution in [0.4, 0.5) is 10.1 Å². The van der Waals surface area contributed by atoms with Crippen LogP contribution in [-0.4, -0.2) is 24.1 Å². The Hall–Kier alpha value is -4.22. The number of hydrogen-bond acceptors (Lipinski definition) is 3. The summed E-state index contributed by atoms with van der Waals surface area (Å²) in [5.41, 5.74) is 11.3. The van der Waals surface area contributed by atoms with Crippen molar-refractivity contribution in [2.24, 2.45) is 5.92 Å². The van der Waals surface area contributed by atoms with Crippen LogP contribution in [0.25, 0.3) is 16.7 Å². The number of nitrogens with one attached hydrogen (secondary N) is 2. The highest BCUT2D eigenvalue weighted by molar-refractivity contribution is 6.04. The van der Waals surface area contributed by atoms with Crippen LogP contribution >= 0.6 is 0 Å². The lowest BCUT2D eigenvalue weighted by atomic mass is 9.76. The Bertz CT molecular complexity index is 1780. The lowest BCUT2D eigenvalue weighted by Gasteiger charge is -2.29. The van der Waals surface area contributed by atoms with Gasteiger partial charge in [0.25, 0.3) is 5.91 Å². The van der Waals surface area contributed by atoms with Gasteiger partial charge in [-0.1, -0.05) is 115 Å². The van der Waals surface area contributed by atoms with Gasteiger partial charge in [-0.3, -0.25) is 4.79 Å². The van der Waals surface area contributed by atoms with Gasteiger partial charge in [0.15, 0.2) is 0 Å². The zero-order chi connectivity index (χ0) is 40.3. The second-order valence-electron chi connectivity index (χ2n) is 15.4. The van der Waals surface area contributed by atoms with E-state index in [0.717, 1.165) is 54.7 Å². The first-order valence-electron chi connectivity index (χ1n) is 21.0. The molecule has 0 saturated heterocycles. The van der Waals surface area contributed by atoms with Gasteiger partial charge in [-0.2, -0.15) is 0 Å². The summed E-state index contributed by atoms with van der Waals surface area (Å²) in [5, 5.41) is 17.3. The molecule has 1 atom stereocenters. The number of halogens is 1. The van der Waals surface area contributed by atoms with Crippen molar-refractivity contribution >= 4 is 17.2 Å². The summed E-state index contributed by atoms with van der Waals surface area (Å²) in [4.78, 5) is 13.2. The minimum Gasteiger partial charge on any atom is -0.507 e. The number of hydrogen-bond donors (Lipinski definition) is 3. The van der Waals surface area contributed by atoms with Crippen molar-refractivity contribution < 1.29 is 14.3 Å². The second-order valence-corrected chi connectivity index (χ2v) is 15.4. The largest absolute Gasteiger partial charge is 0.507 e. The number of carbonyl (C=O) groups is 1. The molecule has 1 aliphatic carbocycles. The molecule has 0 radical (unpaired) electrons. The third kappa shape index (κ3) is 14.1. The molecular formula is C50H69FN2O2. The fraction of sp³-hybridized carbons (Fsp3) is 0.460. The molecule has 0 aromatic heterocycles. The van der Waals surface area contributed by atoms with Crippen LogP contribution in [0.3, 0.4) is 0 Å². The maximum absolute atomic E-state index is 13.5. The normalized spacial score (nSPS) is 13.3. The van der Waals surface area contributed by atoms with Crippen molar-refractivity contribution in [2.75, 3.05) is 18.4 Å². The molecular weight excluding hydrogens is 680 g/mol. The Kier molecular flexibility index (Phi) is 19.4. The van der Waals surface area contributed by atoms with Gasteiger partial charge in [-0.05, 0) is 154 Å². The van der Waals surface area contributed by atoms with E-state index in [1.54, 1.807) is 18.2 Å². The molecule has 5 rings (SSSR count). The van der Waals surface area contributed by atoms with Crippen LogP contribution in [0.5, 0.6) is 5.75 Å². The van der Waals surface area contributed by atoms with Crippen LogP contribution in [0.1, 0.15) is 157 Å². The van der Waals surface area contributed by atoms with Crippen LogP contribution in [0.15, 0.2) is 84.4 Å². The van der Waals surface area contributed by atoms with Gasteiger partial charge in [-0.15, -0.1) is 0 Å². The zero-order valence-corrected chi connectivity index (χ0v) is 35.4. The molecule has 1 unspecified atom stereocenters. The summed E-state index contributed by atoms with van der Waals surface area (Å²) in [6.45, 7) is 22.3. The molecule has 4 aromatic carbocycles. The van der Waals surface area contributed by atoms with Crippen molar-refractivity contribution in [3.05, 3.63) is 124 Å². The van der Waals surface area contributed by atoms with Gasteiger partial charge in [0, 0.05) is 22.9 Å². The highest BCUT2D eigenvalue weighted by Gasteiger charge is 2.26. The van der Waals surface area contributed by atoms with Gasteiger partial charge in [0.1, 0.15) is 11.6 Å². The van der Waals surface area contributed by atoms with Gasteiger partial charge in [0.2, 0.25) is 0 Å². The number of phenols is 1. The highest BCUT2D eigenvalue weighted by atomic mass is 19.1. The molecule has 1 aliphatic rings. The van der Waals surface area contributed by atoms with Crippen LogP contribution < -0.4 is 10.6 Å². The van der Waals surface area contributed by atoms with Crippen LogP contribution in [0, 0.1) is 18.7 Å². The van der Waals surface area contributed by atoms with Crippen molar-refractivity contribution in [2.45, 2.75) is 132 Å². The minimum absolute atomic E-state index is 0.0864. The zero-order valence-electron chi connectivity index (χ0n) is 35.4. The number of phenolic OH excluding ortho intramolecular Hbond substituents is 1. The van der Waals surface area contributed by atoms with Gasteiger partial charge in [0.05, 0.1) is 0 Å². The number of anilines is 1. The first kappa shape index (κ1) is 45.2. The molecule has 5 heteroatoms. The maximum Gasteiger partial charge on any atom is 0.255 e. The fourth-order valence-electron chi connectivity index (χ4n) is 6.76. The number of rotatable bonds is 15. The van der Waals surface area contributed by atoms with E-state index in [-0.39, 0.29) is 17.5 Å². The number of carbonyl (C=O) groups excluding carboxylic acids is 1. The summed E-state index contributed by atoms with van der Waals surface area (Å²) in [6.07, 6.45) is 11.6. The smallest absolute Gasteiger partial charge is 0.255 e. The van der Waals surface area contributed by atoms with Crippen molar-refractivity contribution in [3.63, 3.8) is 0 Å². The number of aromatic hydroxyl groups is 1. The molecule has 0 heterocycles. The minimum atomic E-state index is -0.314. The average molecular weight is 749 g/mol. The molecule has 298 valence electrons. The molecule has 55 heavy (non-hydrogen) atoms. The second kappa shape index (κ2) is 23.6. The quantitative estimate of drug-likeness (QED) is 0.106. The van der Waals surface area contributed by atoms with Crippen LogP contribution in [-0.2, 0) is 6.42 Å².